The smallest absolute Gasteiger partial charge is 0.0991 e. The van der Waals surface area contributed by atoms with Crippen LogP contribution in [0.5, 0.6) is 0 Å². The van der Waals surface area contributed by atoms with Crippen LogP contribution in [-0.4, -0.2) is 11.5 Å². The molecule has 0 saturated heterocycles. The van der Waals surface area contributed by atoms with Gasteiger partial charge in [-0.25, -0.2) is 0 Å². The van der Waals surface area contributed by atoms with Gasteiger partial charge in [0.2, 0.25) is 0 Å². The van der Waals surface area contributed by atoms with Crippen molar-refractivity contribution < 1.29 is 0 Å². The molecule has 136 valence electrons. The zero-order valence-electron chi connectivity index (χ0n) is 15.9. The SMILES string of the molecule is CCCCNCc1ccccc1.CCCc1c[nH]c2ccc(C#N)cc12. The lowest BCUT2D eigenvalue weighted by molar-refractivity contribution is 0.641. The van der Waals surface area contributed by atoms with Crippen LogP contribution in [0.15, 0.2) is 54.7 Å². The predicted molar refractivity (Wildman–Crippen MR) is 110 cm³/mol. The molecule has 0 radical (unpaired) electrons. The summed E-state index contributed by atoms with van der Waals surface area (Å²) in [5, 5.41) is 13.4. The number of aromatic amines is 1. The number of fused-ring (bicyclic) bond motifs is 1. The van der Waals surface area contributed by atoms with Crippen molar-refractivity contribution in [1.82, 2.24) is 10.3 Å². The van der Waals surface area contributed by atoms with Crippen LogP contribution in [0.3, 0.4) is 0 Å². The summed E-state index contributed by atoms with van der Waals surface area (Å²) in [6.45, 7) is 6.50. The molecule has 1 aromatic heterocycles. The Labute approximate surface area is 157 Å². The number of benzene rings is 2. The van der Waals surface area contributed by atoms with Crippen molar-refractivity contribution in [3.05, 3.63) is 71.4 Å². The third-order valence-corrected chi connectivity index (χ3v) is 4.29. The number of aromatic nitrogens is 1. The molecule has 3 nitrogen and oxygen atoms in total. The van der Waals surface area contributed by atoms with Gasteiger partial charge in [-0.15, -0.1) is 0 Å². The molecule has 2 N–H and O–H groups in total. The fourth-order valence-electron chi connectivity index (χ4n) is 2.85. The molecular formula is C23H29N3. The van der Waals surface area contributed by atoms with E-state index >= 15 is 0 Å². The number of hydrogen-bond donors (Lipinski definition) is 2. The predicted octanol–water partition coefficient (Wildman–Crippen LogP) is 5.57. The van der Waals surface area contributed by atoms with Gasteiger partial charge in [0.15, 0.2) is 0 Å². The lowest BCUT2D eigenvalue weighted by Gasteiger charge is -2.02. The Bertz CT molecular complexity index is 812. The number of H-pyrrole nitrogens is 1. The van der Waals surface area contributed by atoms with Crippen LogP contribution in [0.1, 0.15) is 49.8 Å². The summed E-state index contributed by atoms with van der Waals surface area (Å²) < 4.78 is 0. The van der Waals surface area contributed by atoms with Gasteiger partial charge in [-0.1, -0.05) is 57.0 Å². The first-order chi connectivity index (χ1) is 12.8. The molecule has 0 amide bonds. The highest BCUT2D eigenvalue weighted by Gasteiger charge is 2.03. The molecule has 2 aromatic carbocycles. The van der Waals surface area contributed by atoms with Gasteiger partial charge in [-0.05, 0) is 48.7 Å². The highest BCUT2D eigenvalue weighted by Crippen LogP contribution is 2.20. The third-order valence-electron chi connectivity index (χ3n) is 4.29. The monoisotopic (exact) mass is 347 g/mol. The van der Waals surface area contributed by atoms with E-state index in [0.29, 0.717) is 0 Å². The Morgan fingerprint density at radius 3 is 2.54 bits per heavy atom. The lowest BCUT2D eigenvalue weighted by Crippen LogP contribution is -2.14. The summed E-state index contributed by atoms with van der Waals surface area (Å²) in [4.78, 5) is 3.21. The van der Waals surface area contributed by atoms with Crippen molar-refractivity contribution in [3.63, 3.8) is 0 Å². The van der Waals surface area contributed by atoms with Crippen molar-refractivity contribution in [1.29, 1.82) is 5.26 Å². The van der Waals surface area contributed by atoms with E-state index in [-0.39, 0.29) is 0 Å². The van der Waals surface area contributed by atoms with Crippen molar-refractivity contribution in [2.75, 3.05) is 6.54 Å². The number of unbranched alkanes of at least 4 members (excludes halogenated alkanes) is 1. The van der Waals surface area contributed by atoms with Gasteiger partial charge in [0.25, 0.3) is 0 Å². The van der Waals surface area contributed by atoms with Gasteiger partial charge in [-0.3, -0.25) is 0 Å². The Morgan fingerprint density at radius 2 is 1.85 bits per heavy atom. The fourth-order valence-corrected chi connectivity index (χ4v) is 2.85. The van der Waals surface area contributed by atoms with E-state index in [1.807, 2.05) is 24.4 Å². The van der Waals surface area contributed by atoms with Crippen molar-refractivity contribution in [2.24, 2.45) is 0 Å². The molecule has 3 heteroatoms. The molecule has 26 heavy (non-hydrogen) atoms. The molecule has 0 unspecified atom stereocenters. The fraction of sp³-hybridized carbons (Fsp3) is 0.348. The molecule has 0 aliphatic heterocycles. The maximum absolute atomic E-state index is 8.80. The standard InChI is InChI=1S/C12H12N2.C11H17N/c1-2-3-10-8-14-12-5-4-9(7-13)6-11(10)12;1-2-3-9-12-10-11-7-5-4-6-8-11/h4-6,8,14H,2-3H2,1H3;4-8,12H,2-3,9-10H2,1H3. The maximum atomic E-state index is 8.80. The summed E-state index contributed by atoms with van der Waals surface area (Å²) >= 11 is 0. The molecule has 0 spiro atoms. The zero-order valence-corrected chi connectivity index (χ0v) is 15.9. The number of nitrogens with zero attached hydrogens (tertiary/aromatic N) is 1. The number of rotatable bonds is 7. The molecule has 3 aromatic rings. The molecule has 3 rings (SSSR count). The molecule has 0 saturated carbocycles. The quantitative estimate of drug-likeness (QED) is 0.549. The van der Waals surface area contributed by atoms with E-state index in [4.69, 9.17) is 5.26 Å². The van der Waals surface area contributed by atoms with E-state index in [1.54, 1.807) is 0 Å². The van der Waals surface area contributed by atoms with Crippen LogP contribution >= 0.6 is 0 Å². The second-order valence-electron chi connectivity index (χ2n) is 6.45. The van der Waals surface area contributed by atoms with E-state index in [0.717, 1.165) is 37.0 Å². The summed E-state index contributed by atoms with van der Waals surface area (Å²) in [5.41, 5.74) is 4.52. The summed E-state index contributed by atoms with van der Waals surface area (Å²) in [6.07, 6.45) is 6.77. The maximum Gasteiger partial charge on any atom is 0.0991 e. The molecule has 0 bridgehead atoms. The molecule has 0 fully saturated rings. The Balaban J connectivity index is 0.000000190. The minimum atomic E-state index is 0.731. The van der Waals surface area contributed by atoms with Crippen LogP contribution in [0, 0.1) is 11.3 Å². The average Bonchev–Trinajstić information content (AvgIpc) is 3.09. The zero-order chi connectivity index (χ0) is 18.6. The Kier molecular flexibility index (Phi) is 8.45. The van der Waals surface area contributed by atoms with Gasteiger partial charge in [0.1, 0.15) is 0 Å². The largest absolute Gasteiger partial charge is 0.361 e. The van der Waals surface area contributed by atoms with Crippen LogP contribution in [0.4, 0.5) is 0 Å². The molecular weight excluding hydrogens is 318 g/mol. The number of nitriles is 1. The number of nitrogens with one attached hydrogen (secondary N) is 2. The van der Waals surface area contributed by atoms with Gasteiger partial charge in [0.05, 0.1) is 11.6 Å². The van der Waals surface area contributed by atoms with E-state index in [9.17, 15) is 0 Å². The highest BCUT2D eigenvalue weighted by atomic mass is 14.8. The third kappa shape index (κ3) is 6.06. The summed E-state index contributed by atoms with van der Waals surface area (Å²) in [6, 6.07) is 18.4. The number of hydrogen-bond acceptors (Lipinski definition) is 2. The van der Waals surface area contributed by atoms with Gasteiger partial charge in [-0.2, -0.15) is 5.26 Å². The Morgan fingerprint density at radius 1 is 1.04 bits per heavy atom. The molecule has 1 heterocycles. The lowest BCUT2D eigenvalue weighted by atomic mass is 10.1. The van der Waals surface area contributed by atoms with Gasteiger partial charge in [0, 0.05) is 23.6 Å². The Hall–Kier alpha value is -2.57. The first-order valence-electron chi connectivity index (χ1n) is 9.53. The van der Waals surface area contributed by atoms with E-state index in [1.165, 1.54) is 29.4 Å². The summed E-state index contributed by atoms with van der Waals surface area (Å²) in [5.74, 6) is 0. The second-order valence-corrected chi connectivity index (χ2v) is 6.45. The van der Waals surface area contributed by atoms with Crippen molar-refractivity contribution >= 4 is 10.9 Å². The van der Waals surface area contributed by atoms with Crippen LogP contribution in [0.25, 0.3) is 10.9 Å². The van der Waals surface area contributed by atoms with Crippen molar-refractivity contribution in [2.45, 2.75) is 46.1 Å². The van der Waals surface area contributed by atoms with Gasteiger partial charge < -0.3 is 10.3 Å². The average molecular weight is 348 g/mol. The topological polar surface area (TPSA) is 51.6 Å². The van der Waals surface area contributed by atoms with E-state index in [2.05, 4.69) is 60.5 Å². The number of aryl methyl sites for hydroxylation is 1. The van der Waals surface area contributed by atoms with Crippen LogP contribution in [-0.2, 0) is 13.0 Å². The first-order valence-corrected chi connectivity index (χ1v) is 9.53. The first kappa shape index (κ1) is 19.8. The minimum Gasteiger partial charge on any atom is -0.361 e. The minimum absolute atomic E-state index is 0.731. The van der Waals surface area contributed by atoms with Gasteiger partial charge >= 0.3 is 0 Å². The highest BCUT2D eigenvalue weighted by molar-refractivity contribution is 5.84. The van der Waals surface area contributed by atoms with Crippen molar-refractivity contribution in [3.8, 4) is 6.07 Å². The summed E-state index contributed by atoms with van der Waals surface area (Å²) in [7, 11) is 0. The molecule has 0 aliphatic carbocycles. The van der Waals surface area contributed by atoms with E-state index < -0.39 is 0 Å². The van der Waals surface area contributed by atoms with Crippen LogP contribution < -0.4 is 5.32 Å². The van der Waals surface area contributed by atoms with Crippen LogP contribution in [0.2, 0.25) is 0 Å². The molecule has 0 atom stereocenters. The normalized spacial score (nSPS) is 10.2. The second kappa shape index (κ2) is 11.1. The molecule has 0 aliphatic rings.